The number of likely N-dealkylation sites (tertiary alicyclic amines) is 1. The zero-order valence-electron chi connectivity index (χ0n) is 17.6. The number of halogens is 1. The highest BCUT2D eigenvalue weighted by molar-refractivity contribution is 9.10. The minimum absolute atomic E-state index is 0.143. The van der Waals surface area contributed by atoms with Crippen LogP contribution in [0, 0.1) is 11.3 Å². The zero-order chi connectivity index (χ0) is 23.4. The van der Waals surface area contributed by atoms with Gasteiger partial charge in [0.05, 0.1) is 11.9 Å². The van der Waals surface area contributed by atoms with Crippen LogP contribution in [0.3, 0.4) is 0 Å². The number of carbonyl (C=O) groups excluding carboxylic acids is 2. The second-order valence-corrected chi connectivity index (χ2v) is 8.47. The van der Waals surface area contributed by atoms with Crippen LogP contribution in [0.1, 0.15) is 24.0 Å². The lowest BCUT2D eigenvalue weighted by atomic mass is 10.2. The van der Waals surface area contributed by atoms with E-state index in [0.717, 1.165) is 16.5 Å². The van der Waals surface area contributed by atoms with Gasteiger partial charge < -0.3 is 15.8 Å². The van der Waals surface area contributed by atoms with E-state index in [0.29, 0.717) is 29.9 Å². The van der Waals surface area contributed by atoms with Crippen molar-refractivity contribution >= 4 is 39.4 Å². The number of carbonyl (C=O) groups is 2. The molecule has 1 aromatic heterocycles. The maximum Gasteiger partial charge on any atom is 0.410 e. The first-order valence-corrected chi connectivity index (χ1v) is 11.1. The number of nitrogen functional groups attached to an aromatic ring is 1. The van der Waals surface area contributed by atoms with Crippen LogP contribution < -0.4 is 11.1 Å². The molecule has 2 amide bonds. The Kier molecular flexibility index (Phi) is 6.60. The maximum absolute atomic E-state index is 12.8. The Hall–Kier alpha value is -3.84. The van der Waals surface area contributed by atoms with Gasteiger partial charge >= 0.3 is 6.09 Å². The fraction of sp³-hybridized carbons (Fsp3) is 0.217. The SMILES string of the molecule is N#Cc1cn(-c2ccc(NC(=O)[C@@H]3CCCN3C(=O)OCc3ccc(Br)cc3)cc2)nc1N. The highest BCUT2D eigenvalue weighted by atomic mass is 79.9. The molecule has 3 aromatic rings. The van der Waals surface area contributed by atoms with Crippen LogP contribution in [-0.2, 0) is 16.1 Å². The highest BCUT2D eigenvalue weighted by Crippen LogP contribution is 2.22. The number of anilines is 2. The average molecular weight is 509 g/mol. The lowest BCUT2D eigenvalue weighted by molar-refractivity contribution is -0.120. The van der Waals surface area contributed by atoms with Gasteiger partial charge in [0.25, 0.3) is 0 Å². The van der Waals surface area contributed by atoms with E-state index in [1.165, 1.54) is 9.58 Å². The summed E-state index contributed by atoms with van der Waals surface area (Å²) in [5.41, 5.74) is 8.13. The van der Waals surface area contributed by atoms with Gasteiger partial charge in [0.2, 0.25) is 5.91 Å². The molecule has 1 saturated heterocycles. The van der Waals surface area contributed by atoms with Gasteiger partial charge in [-0.25, -0.2) is 9.48 Å². The summed E-state index contributed by atoms with van der Waals surface area (Å²) in [4.78, 5) is 26.9. The molecule has 33 heavy (non-hydrogen) atoms. The van der Waals surface area contributed by atoms with Crippen molar-refractivity contribution in [3.8, 4) is 11.8 Å². The summed E-state index contributed by atoms with van der Waals surface area (Å²) in [5, 5.41) is 16.0. The lowest BCUT2D eigenvalue weighted by Gasteiger charge is -2.23. The Balaban J connectivity index is 1.36. The topological polar surface area (TPSA) is 126 Å². The van der Waals surface area contributed by atoms with Crippen molar-refractivity contribution in [2.45, 2.75) is 25.5 Å². The summed E-state index contributed by atoms with van der Waals surface area (Å²) in [6.07, 6.45) is 2.34. The van der Waals surface area contributed by atoms with Crippen molar-refractivity contribution in [3.63, 3.8) is 0 Å². The third-order valence-electron chi connectivity index (χ3n) is 5.33. The number of nitrogens with one attached hydrogen (secondary N) is 1. The van der Waals surface area contributed by atoms with E-state index in [4.69, 9.17) is 15.7 Å². The Morgan fingerprint density at radius 1 is 1.21 bits per heavy atom. The maximum atomic E-state index is 12.8. The molecule has 0 aliphatic carbocycles. The van der Waals surface area contributed by atoms with Gasteiger partial charge in [-0.1, -0.05) is 28.1 Å². The smallest absolute Gasteiger partial charge is 0.410 e. The van der Waals surface area contributed by atoms with Gasteiger partial charge in [-0.15, -0.1) is 5.10 Å². The number of nitrogens with two attached hydrogens (primary N) is 1. The minimum Gasteiger partial charge on any atom is -0.445 e. The largest absolute Gasteiger partial charge is 0.445 e. The van der Waals surface area contributed by atoms with Gasteiger partial charge in [-0.2, -0.15) is 5.26 Å². The summed E-state index contributed by atoms with van der Waals surface area (Å²) in [6.45, 7) is 0.613. The molecule has 9 nitrogen and oxygen atoms in total. The highest BCUT2D eigenvalue weighted by Gasteiger charge is 2.35. The van der Waals surface area contributed by atoms with Crippen molar-refractivity contribution in [2.24, 2.45) is 0 Å². The van der Waals surface area contributed by atoms with Gasteiger partial charge in [0.15, 0.2) is 5.82 Å². The number of hydrogen-bond acceptors (Lipinski definition) is 6. The molecule has 1 fully saturated rings. The molecule has 2 aromatic carbocycles. The zero-order valence-corrected chi connectivity index (χ0v) is 19.2. The summed E-state index contributed by atoms with van der Waals surface area (Å²) in [7, 11) is 0. The minimum atomic E-state index is -0.591. The van der Waals surface area contributed by atoms with Crippen molar-refractivity contribution in [1.29, 1.82) is 5.26 Å². The Morgan fingerprint density at radius 3 is 2.61 bits per heavy atom. The number of ether oxygens (including phenoxy) is 1. The van der Waals surface area contributed by atoms with Gasteiger partial charge in [-0.05, 0) is 54.8 Å². The van der Waals surface area contributed by atoms with Gasteiger partial charge in [0, 0.05) is 16.7 Å². The molecule has 0 bridgehead atoms. The van der Waals surface area contributed by atoms with Crippen LogP contribution in [0.25, 0.3) is 5.69 Å². The number of nitriles is 1. The molecule has 1 aliphatic heterocycles. The molecule has 0 spiro atoms. The van der Waals surface area contributed by atoms with Crippen LogP contribution in [0.2, 0.25) is 0 Å². The summed E-state index contributed by atoms with van der Waals surface area (Å²) < 4.78 is 7.86. The lowest BCUT2D eigenvalue weighted by Crippen LogP contribution is -2.43. The van der Waals surface area contributed by atoms with Crippen molar-refractivity contribution < 1.29 is 14.3 Å². The van der Waals surface area contributed by atoms with E-state index in [1.807, 2.05) is 30.3 Å². The van der Waals surface area contributed by atoms with Crippen molar-refractivity contribution in [3.05, 3.63) is 70.3 Å². The fourth-order valence-corrected chi connectivity index (χ4v) is 3.86. The van der Waals surface area contributed by atoms with E-state index in [2.05, 4.69) is 26.3 Å². The monoisotopic (exact) mass is 508 g/mol. The van der Waals surface area contributed by atoms with Crippen LogP contribution in [0.15, 0.2) is 59.2 Å². The first-order chi connectivity index (χ1) is 15.9. The summed E-state index contributed by atoms with van der Waals surface area (Å²) in [6, 6.07) is 15.8. The molecule has 3 N–H and O–H groups in total. The standard InChI is InChI=1S/C23H21BrN6O3/c24-17-5-3-15(4-6-17)14-33-23(32)29-11-1-2-20(29)22(31)27-18-7-9-19(10-8-18)30-13-16(12-25)21(26)28-30/h3-10,13,20H,1-2,11,14H2,(H2,26,28)(H,27,31)/t20-/m0/s1. The molecule has 0 unspecified atom stereocenters. The van der Waals surface area contributed by atoms with E-state index < -0.39 is 12.1 Å². The normalized spacial score (nSPS) is 15.2. The molecule has 168 valence electrons. The molecule has 0 radical (unpaired) electrons. The molecular formula is C23H21BrN6O3. The van der Waals surface area contributed by atoms with Crippen molar-refractivity contribution in [2.75, 3.05) is 17.6 Å². The van der Waals surface area contributed by atoms with Crippen molar-refractivity contribution in [1.82, 2.24) is 14.7 Å². The first-order valence-electron chi connectivity index (χ1n) is 10.3. The van der Waals surface area contributed by atoms with Crippen LogP contribution in [0.4, 0.5) is 16.3 Å². The van der Waals surface area contributed by atoms with E-state index in [-0.39, 0.29) is 18.3 Å². The number of hydrogen-bond donors (Lipinski definition) is 2. The summed E-state index contributed by atoms with van der Waals surface area (Å²) >= 11 is 3.37. The average Bonchev–Trinajstić information content (AvgIpc) is 3.46. The first kappa shape index (κ1) is 22.4. The third-order valence-corrected chi connectivity index (χ3v) is 5.86. The van der Waals surface area contributed by atoms with E-state index >= 15 is 0 Å². The van der Waals surface area contributed by atoms with Crippen LogP contribution >= 0.6 is 15.9 Å². The number of rotatable bonds is 5. The fourth-order valence-electron chi connectivity index (χ4n) is 3.60. The number of amides is 2. The Morgan fingerprint density at radius 2 is 1.94 bits per heavy atom. The summed E-state index contributed by atoms with van der Waals surface area (Å²) in [5.74, 6) is -0.112. The van der Waals surface area contributed by atoms with Gasteiger partial charge in [0.1, 0.15) is 24.3 Å². The molecule has 0 saturated carbocycles. The second-order valence-electron chi connectivity index (χ2n) is 7.55. The molecule has 1 aliphatic rings. The second kappa shape index (κ2) is 9.75. The predicted octanol–water partition coefficient (Wildman–Crippen LogP) is 3.83. The predicted molar refractivity (Wildman–Crippen MR) is 125 cm³/mol. The van der Waals surface area contributed by atoms with E-state index in [9.17, 15) is 9.59 Å². The molecule has 10 heteroatoms. The van der Waals surface area contributed by atoms with Crippen LogP contribution in [-0.4, -0.2) is 39.3 Å². The third kappa shape index (κ3) is 5.15. The molecule has 2 heterocycles. The van der Waals surface area contributed by atoms with Crippen LogP contribution in [0.5, 0.6) is 0 Å². The molecular weight excluding hydrogens is 488 g/mol. The Bertz CT molecular complexity index is 1200. The number of nitrogens with zero attached hydrogens (tertiary/aromatic N) is 4. The molecule has 1 atom stereocenters. The van der Waals surface area contributed by atoms with Gasteiger partial charge in [-0.3, -0.25) is 9.69 Å². The Labute approximate surface area is 198 Å². The number of aromatic nitrogens is 2. The quantitative estimate of drug-likeness (QED) is 0.539. The van der Waals surface area contributed by atoms with E-state index in [1.54, 1.807) is 30.5 Å². The molecule has 4 rings (SSSR count). The number of benzene rings is 2.